The van der Waals surface area contributed by atoms with Crippen molar-refractivity contribution in [1.29, 1.82) is 0 Å². The molecule has 2 heterocycles. The molecular formula is C23H35ClN2O2S. The predicted molar refractivity (Wildman–Crippen MR) is 125 cm³/mol. The summed E-state index contributed by atoms with van der Waals surface area (Å²) in [5, 5.41) is 17.8. The Morgan fingerprint density at radius 2 is 1.55 bits per heavy atom. The van der Waals surface area contributed by atoms with Crippen LogP contribution in [-0.2, 0) is 21.1 Å². The Morgan fingerprint density at radius 3 is 2.00 bits per heavy atom. The molecule has 0 aliphatic carbocycles. The summed E-state index contributed by atoms with van der Waals surface area (Å²) in [7, 11) is 2.02. The van der Waals surface area contributed by atoms with Crippen LogP contribution < -0.4 is 5.32 Å². The highest BCUT2D eigenvalue weighted by atomic mass is 35.5. The zero-order chi connectivity index (χ0) is 20.7. The van der Waals surface area contributed by atoms with Crippen LogP contribution in [-0.4, -0.2) is 30.4 Å². The van der Waals surface area contributed by atoms with Gasteiger partial charge in [-0.1, -0.05) is 41.5 Å². The highest BCUT2D eigenvalue weighted by molar-refractivity contribution is 7.10. The summed E-state index contributed by atoms with van der Waals surface area (Å²) in [6.45, 7) is 14.4. The van der Waals surface area contributed by atoms with Crippen LogP contribution in [0.1, 0.15) is 70.5 Å². The molecule has 0 bridgehead atoms. The SMILES string of the molecule is CNC1(c2nc(-c3cc(C(C)(C)C)c(O)c(C(C)(C)C)c3)cs2)CCOCC1.Cl. The second kappa shape index (κ2) is 8.54. The van der Waals surface area contributed by atoms with Crippen LogP contribution in [0.3, 0.4) is 0 Å². The van der Waals surface area contributed by atoms with Gasteiger partial charge in [-0.3, -0.25) is 0 Å². The third-order valence-electron chi connectivity index (χ3n) is 5.76. The zero-order valence-corrected chi connectivity index (χ0v) is 20.3. The van der Waals surface area contributed by atoms with Crippen molar-refractivity contribution in [3.8, 4) is 17.0 Å². The number of halogens is 1. The van der Waals surface area contributed by atoms with Gasteiger partial charge in [0.15, 0.2) is 0 Å². The quantitative estimate of drug-likeness (QED) is 0.639. The van der Waals surface area contributed by atoms with E-state index in [1.807, 2.05) is 7.05 Å². The molecular weight excluding hydrogens is 404 g/mol. The molecule has 0 radical (unpaired) electrons. The molecule has 0 amide bonds. The smallest absolute Gasteiger partial charge is 0.123 e. The van der Waals surface area contributed by atoms with Crippen LogP contribution in [0.2, 0.25) is 0 Å². The molecule has 4 nitrogen and oxygen atoms in total. The van der Waals surface area contributed by atoms with Crippen molar-refractivity contribution in [3.63, 3.8) is 0 Å². The number of rotatable bonds is 3. The number of phenolic OH excluding ortho intramolecular Hbond substituents is 1. The Kier molecular flexibility index (Phi) is 7.11. The molecule has 0 atom stereocenters. The Labute approximate surface area is 185 Å². The summed E-state index contributed by atoms with van der Waals surface area (Å²) < 4.78 is 5.57. The normalized spacial score (nSPS) is 17.1. The van der Waals surface area contributed by atoms with E-state index in [0.717, 1.165) is 53.4 Å². The van der Waals surface area contributed by atoms with Crippen LogP contribution in [0.15, 0.2) is 17.5 Å². The molecule has 1 aromatic carbocycles. The summed E-state index contributed by atoms with van der Waals surface area (Å²) in [6.07, 6.45) is 1.87. The third kappa shape index (κ3) is 4.79. The van der Waals surface area contributed by atoms with Crippen LogP contribution in [0.25, 0.3) is 11.3 Å². The van der Waals surface area contributed by atoms with Gasteiger partial charge < -0.3 is 15.2 Å². The van der Waals surface area contributed by atoms with Crippen molar-refractivity contribution >= 4 is 23.7 Å². The molecule has 1 aliphatic rings. The molecule has 6 heteroatoms. The van der Waals surface area contributed by atoms with Gasteiger partial charge in [0.2, 0.25) is 0 Å². The van der Waals surface area contributed by atoms with E-state index in [2.05, 4.69) is 64.4 Å². The number of aromatic hydroxyl groups is 1. The van der Waals surface area contributed by atoms with E-state index in [1.165, 1.54) is 0 Å². The van der Waals surface area contributed by atoms with Gasteiger partial charge in [0.25, 0.3) is 0 Å². The maximum Gasteiger partial charge on any atom is 0.123 e. The second-order valence-corrected chi connectivity index (χ2v) is 10.8. The minimum absolute atomic E-state index is 0. The Hall–Kier alpha value is -1.14. The van der Waals surface area contributed by atoms with Crippen molar-refractivity contribution in [2.45, 2.75) is 70.8 Å². The van der Waals surface area contributed by atoms with Crippen molar-refractivity contribution in [1.82, 2.24) is 10.3 Å². The van der Waals surface area contributed by atoms with Gasteiger partial charge in [0.05, 0.1) is 11.2 Å². The van der Waals surface area contributed by atoms with E-state index < -0.39 is 0 Å². The lowest BCUT2D eigenvalue weighted by atomic mass is 9.78. The Bertz CT molecular complexity index is 808. The first-order chi connectivity index (χ1) is 13.0. The molecule has 29 heavy (non-hydrogen) atoms. The number of aromatic nitrogens is 1. The lowest BCUT2D eigenvalue weighted by Gasteiger charge is -2.35. The lowest BCUT2D eigenvalue weighted by molar-refractivity contribution is 0.0398. The fourth-order valence-electron chi connectivity index (χ4n) is 3.84. The number of ether oxygens (including phenoxy) is 1. The summed E-state index contributed by atoms with van der Waals surface area (Å²) >= 11 is 1.71. The lowest BCUT2D eigenvalue weighted by Crippen LogP contribution is -2.44. The number of hydrogen-bond donors (Lipinski definition) is 2. The molecule has 1 aliphatic heterocycles. The van der Waals surface area contributed by atoms with E-state index in [9.17, 15) is 5.11 Å². The van der Waals surface area contributed by atoms with E-state index in [-0.39, 0.29) is 28.8 Å². The maximum absolute atomic E-state index is 11.0. The number of hydrogen-bond acceptors (Lipinski definition) is 5. The summed E-state index contributed by atoms with van der Waals surface area (Å²) in [6, 6.07) is 4.22. The summed E-state index contributed by atoms with van der Waals surface area (Å²) in [5.74, 6) is 0.412. The van der Waals surface area contributed by atoms with Crippen LogP contribution in [0, 0.1) is 0 Å². The average Bonchev–Trinajstić information content (AvgIpc) is 3.11. The predicted octanol–water partition coefficient (Wildman–Crippen LogP) is 5.76. The van der Waals surface area contributed by atoms with Gasteiger partial charge in [0.1, 0.15) is 10.8 Å². The molecule has 2 N–H and O–H groups in total. The van der Waals surface area contributed by atoms with Gasteiger partial charge in [-0.2, -0.15) is 0 Å². The van der Waals surface area contributed by atoms with Gasteiger partial charge in [-0.25, -0.2) is 4.98 Å². The summed E-state index contributed by atoms with van der Waals surface area (Å²) in [5.41, 5.74) is 3.61. The number of nitrogens with one attached hydrogen (secondary N) is 1. The van der Waals surface area contributed by atoms with Crippen LogP contribution >= 0.6 is 23.7 Å². The van der Waals surface area contributed by atoms with Crippen molar-refractivity contribution < 1.29 is 9.84 Å². The molecule has 1 aromatic heterocycles. The Balaban J connectivity index is 0.00000300. The first-order valence-electron chi connectivity index (χ1n) is 10.1. The van der Waals surface area contributed by atoms with Crippen LogP contribution in [0.4, 0.5) is 0 Å². The van der Waals surface area contributed by atoms with Gasteiger partial charge in [0, 0.05) is 35.3 Å². The van der Waals surface area contributed by atoms with E-state index in [4.69, 9.17) is 9.72 Å². The third-order valence-corrected chi connectivity index (χ3v) is 6.81. The molecule has 1 saturated heterocycles. The molecule has 0 spiro atoms. The fraction of sp³-hybridized carbons (Fsp3) is 0.609. The fourth-order valence-corrected chi connectivity index (χ4v) is 4.94. The number of benzene rings is 1. The first-order valence-corrected chi connectivity index (χ1v) is 11.0. The van der Waals surface area contributed by atoms with E-state index in [1.54, 1.807) is 11.3 Å². The first kappa shape index (κ1) is 24.1. The molecule has 1 fully saturated rings. The molecule has 162 valence electrons. The molecule has 3 rings (SSSR count). The number of phenols is 1. The minimum atomic E-state index is -0.147. The van der Waals surface area contributed by atoms with Crippen molar-refractivity contribution in [3.05, 3.63) is 33.6 Å². The standard InChI is InChI=1S/C23H34N2O2S.ClH/c1-21(2,3)16-12-15(13-17(19(16)26)22(4,5)6)18-14-28-20(25-18)23(24-7)8-10-27-11-9-23;/h12-14,24,26H,8-11H2,1-7H3;1H. The zero-order valence-electron chi connectivity index (χ0n) is 18.7. The molecule has 2 aromatic rings. The molecule has 0 unspecified atom stereocenters. The van der Waals surface area contributed by atoms with E-state index in [0.29, 0.717) is 5.75 Å². The highest BCUT2D eigenvalue weighted by Crippen LogP contribution is 2.43. The second-order valence-electron chi connectivity index (χ2n) is 9.90. The topological polar surface area (TPSA) is 54.4 Å². The maximum atomic E-state index is 11.0. The van der Waals surface area contributed by atoms with Gasteiger partial charge in [-0.15, -0.1) is 23.7 Å². The van der Waals surface area contributed by atoms with Crippen molar-refractivity contribution in [2.75, 3.05) is 20.3 Å². The van der Waals surface area contributed by atoms with E-state index >= 15 is 0 Å². The van der Waals surface area contributed by atoms with Gasteiger partial charge >= 0.3 is 0 Å². The monoisotopic (exact) mass is 438 g/mol. The minimum Gasteiger partial charge on any atom is -0.507 e. The molecule has 0 saturated carbocycles. The van der Waals surface area contributed by atoms with Crippen LogP contribution in [0.5, 0.6) is 5.75 Å². The van der Waals surface area contributed by atoms with Gasteiger partial charge in [-0.05, 0) is 42.9 Å². The largest absolute Gasteiger partial charge is 0.507 e. The Morgan fingerprint density at radius 1 is 1.03 bits per heavy atom. The number of nitrogens with zero attached hydrogens (tertiary/aromatic N) is 1. The highest BCUT2D eigenvalue weighted by Gasteiger charge is 2.36. The average molecular weight is 439 g/mol. The summed E-state index contributed by atoms with van der Waals surface area (Å²) in [4.78, 5) is 5.04. The van der Waals surface area contributed by atoms with Crippen molar-refractivity contribution in [2.24, 2.45) is 0 Å². The number of thiazole rings is 1.